The standard InChI is InChI=1S/C31H35N3O3/c1-4-36-25-14-15-26-27(18-25)34(24-6-5-7-24)30(28(26)29-19(2)16-17-32-29)22-10-12-23(13-11-22)33-31(35)37-20(3)21-8-9-21/h10-16,18,20-21,24H,4-9,17H2,1-3H3,(H,33,35). The predicted octanol–water partition coefficient (Wildman–Crippen LogP) is 7.53. The number of carbonyl (C=O) groups excluding carboxylic acids is 1. The third-order valence-corrected chi connectivity index (χ3v) is 7.97. The molecule has 192 valence electrons. The van der Waals surface area contributed by atoms with Crippen LogP contribution in [-0.4, -0.2) is 35.6 Å². The lowest BCUT2D eigenvalue weighted by molar-refractivity contribution is 0.108. The van der Waals surface area contributed by atoms with Gasteiger partial charge in [0, 0.05) is 28.7 Å². The highest BCUT2D eigenvalue weighted by atomic mass is 16.6. The van der Waals surface area contributed by atoms with Crippen LogP contribution in [-0.2, 0) is 4.74 Å². The fraction of sp³-hybridized carbons (Fsp3) is 0.419. The molecular formula is C31H35N3O3. The quantitative estimate of drug-likeness (QED) is 0.350. The van der Waals surface area contributed by atoms with E-state index in [1.807, 2.05) is 26.0 Å². The van der Waals surface area contributed by atoms with Crippen LogP contribution in [0.1, 0.15) is 64.5 Å². The zero-order chi connectivity index (χ0) is 25.5. The third-order valence-electron chi connectivity index (χ3n) is 7.97. The van der Waals surface area contributed by atoms with E-state index in [-0.39, 0.29) is 12.2 Å². The van der Waals surface area contributed by atoms with Crippen molar-refractivity contribution in [1.29, 1.82) is 0 Å². The molecule has 2 aromatic carbocycles. The maximum absolute atomic E-state index is 12.4. The molecule has 2 aliphatic carbocycles. The summed E-state index contributed by atoms with van der Waals surface area (Å²) in [5.74, 6) is 1.41. The largest absolute Gasteiger partial charge is 0.494 e. The number of amides is 1. The van der Waals surface area contributed by atoms with Gasteiger partial charge in [-0.15, -0.1) is 0 Å². The van der Waals surface area contributed by atoms with Crippen LogP contribution in [0.15, 0.2) is 59.1 Å². The molecule has 1 N–H and O–H groups in total. The smallest absolute Gasteiger partial charge is 0.411 e. The van der Waals surface area contributed by atoms with E-state index < -0.39 is 0 Å². The molecule has 2 fully saturated rings. The Morgan fingerprint density at radius 3 is 2.54 bits per heavy atom. The monoisotopic (exact) mass is 497 g/mol. The van der Waals surface area contributed by atoms with Crippen molar-refractivity contribution in [3.63, 3.8) is 0 Å². The first kappa shape index (κ1) is 23.8. The van der Waals surface area contributed by atoms with Crippen molar-refractivity contribution in [2.24, 2.45) is 10.9 Å². The van der Waals surface area contributed by atoms with Crippen molar-refractivity contribution >= 4 is 28.4 Å². The minimum Gasteiger partial charge on any atom is -0.494 e. The SMILES string of the molecule is CCOc1ccc2c(C3=NCC=C3C)c(-c3ccc(NC(=O)OC(C)C4CC4)cc3)n(C3CCC3)c2c1. The molecule has 1 aliphatic heterocycles. The van der Waals surface area contributed by atoms with Crippen LogP contribution in [0.2, 0.25) is 0 Å². The van der Waals surface area contributed by atoms with Crippen molar-refractivity contribution in [3.8, 4) is 17.0 Å². The summed E-state index contributed by atoms with van der Waals surface area (Å²) in [6, 6.07) is 15.0. The molecule has 3 aliphatic rings. The Hall–Kier alpha value is -3.54. The number of rotatable bonds is 8. The number of anilines is 1. The number of fused-ring (bicyclic) bond motifs is 1. The average Bonchev–Trinajstić information content (AvgIpc) is 3.56. The first-order valence-electron chi connectivity index (χ1n) is 13.6. The van der Waals surface area contributed by atoms with E-state index in [0.717, 1.165) is 42.1 Å². The number of nitrogens with zero attached hydrogens (tertiary/aromatic N) is 2. The highest BCUT2D eigenvalue weighted by Gasteiger charge is 2.32. The van der Waals surface area contributed by atoms with Crippen LogP contribution in [0.25, 0.3) is 22.2 Å². The number of aromatic nitrogens is 1. The average molecular weight is 498 g/mol. The Kier molecular flexibility index (Phi) is 6.27. The summed E-state index contributed by atoms with van der Waals surface area (Å²) in [5.41, 5.74) is 7.72. The van der Waals surface area contributed by atoms with Crippen molar-refractivity contribution in [2.75, 3.05) is 18.5 Å². The lowest BCUT2D eigenvalue weighted by Gasteiger charge is -2.30. The van der Waals surface area contributed by atoms with E-state index in [0.29, 0.717) is 18.6 Å². The Labute approximate surface area is 218 Å². The third kappa shape index (κ3) is 4.54. The van der Waals surface area contributed by atoms with Gasteiger partial charge < -0.3 is 14.0 Å². The van der Waals surface area contributed by atoms with Gasteiger partial charge in [0.05, 0.1) is 30.1 Å². The lowest BCUT2D eigenvalue weighted by atomic mass is 9.91. The molecule has 6 nitrogen and oxygen atoms in total. The highest BCUT2D eigenvalue weighted by Crippen LogP contribution is 2.45. The summed E-state index contributed by atoms with van der Waals surface area (Å²) in [6.45, 7) is 7.50. The number of hydrogen-bond donors (Lipinski definition) is 1. The maximum atomic E-state index is 12.4. The first-order chi connectivity index (χ1) is 18.0. The van der Waals surface area contributed by atoms with Gasteiger partial charge in [-0.3, -0.25) is 10.3 Å². The van der Waals surface area contributed by atoms with Crippen LogP contribution >= 0.6 is 0 Å². The second-order valence-corrected chi connectivity index (χ2v) is 10.5. The molecule has 6 rings (SSSR count). The van der Waals surface area contributed by atoms with E-state index in [2.05, 4.69) is 53.2 Å². The molecule has 0 radical (unpaired) electrons. The topological polar surface area (TPSA) is 64.8 Å². The van der Waals surface area contributed by atoms with Gasteiger partial charge in [-0.2, -0.15) is 0 Å². The molecular weight excluding hydrogens is 462 g/mol. The summed E-state index contributed by atoms with van der Waals surface area (Å²) in [7, 11) is 0. The fourth-order valence-corrected chi connectivity index (χ4v) is 5.56. The molecule has 0 bridgehead atoms. The van der Waals surface area contributed by atoms with E-state index in [1.165, 1.54) is 47.0 Å². The lowest BCUT2D eigenvalue weighted by Crippen LogP contribution is -2.21. The number of allylic oxidation sites excluding steroid dienone is 1. The van der Waals surface area contributed by atoms with Crippen LogP contribution in [0.4, 0.5) is 10.5 Å². The molecule has 6 heteroatoms. The molecule has 2 saturated carbocycles. The van der Waals surface area contributed by atoms with Crippen molar-refractivity contribution in [2.45, 2.75) is 65.0 Å². The number of aliphatic imine (C=N–C) groups is 1. The molecule has 1 unspecified atom stereocenters. The minimum atomic E-state index is -0.388. The van der Waals surface area contributed by atoms with Crippen molar-refractivity contribution in [3.05, 3.63) is 59.7 Å². The molecule has 3 aromatic rings. The Bertz CT molecular complexity index is 1390. The molecule has 0 spiro atoms. The number of carbonyl (C=O) groups is 1. The molecule has 37 heavy (non-hydrogen) atoms. The molecule has 1 amide bonds. The predicted molar refractivity (Wildman–Crippen MR) is 149 cm³/mol. The summed E-state index contributed by atoms with van der Waals surface area (Å²) in [6.07, 6.45) is 7.64. The van der Waals surface area contributed by atoms with Gasteiger partial charge in [0.2, 0.25) is 0 Å². The first-order valence-corrected chi connectivity index (χ1v) is 13.6. The summed E-state index contributed by atoms with van der Waals surface area (Å²) in [5, 5.41) is 4.11. The zero-order valence-corrected chi connectivity index (χ0v) is 21.9. The van der Waals surface area contributed by atoms with E-state index in [4.69, 9.17) is 14.5 Å². The van der Waals surface area contributed by atoms with Gasteiger partial charge in [0.25, 0.3) is 0 Å². The molecule has 0 saturated heterocycles. The second kappa shape index (κ2) is 9.73. The number of ether oxygens (including phenoxy) is 2. The van der Waals surface area contributed by atoms with Gasteiger partial charge in [-0.05, 0) is 94.2 Å². The molecule has 2 heterocycles. The van der Waals surface area contributed by atoms with Gasteiger partial charge in [0.15, 0.2) is 0 Å². The highest BCUT2D eigenvalue weighted by molar-refractivity contribution is 6.23. The van der Waals surface area contributed by atoms with Crippen LogP contribution < -0.4 is 10.1 Å². The molecule has 1 aromatic heterocycles. The van der Waals surface area contributed by atoms with Gasteiger partial charge in [0.1, 0.15) is 11.9 Å². The maximum Gasteiger partial charge on any atom is 0.411 e. The summed E-state index contributed by atoms with van der Waals surface area (Å²) in [4.78, 5) is 17.3. The zero-order valence-electron chi connectivity index (χ0n) is 21.9. The summed E-state index contributed by atoms with van der Waals surface area (Å²) >= 11 is 0. The van der Waals surface area contributed by atoms with Crippen LogP contribution in [0, 0.1) is 5.92 Å². The van der Waals surface area contributed by atoms with Gasteiger partial charge >= 0.3 is 6.09 Å². The van der Waals surface area contributed by atoms with Gasteiger partial charge in [-0.1, -0.05) is 18.2 Å². The minimum absolute atomic E-state index is 0.0370. The number of benzene rings is 2. The Balaban J connectivity index is 1.42. The number of nitrogens with one attached hydrogen (secondary N) is 1. The summed E-state index contributed by atoms with van der Waals surface area (Å²) < 4.78 is 14.0. The number of hydrogen-bond acceptors (Lipinski definition) is 4. The van der Waals surface area contributed by atoms with E-state index in [9.17, 15) is 4.79 Å². The Morgan fingerprint density at radius 1 is 1.14 bits per heavy atom. The molecule has 1 atom stereocenters. The van der Waals surface area contributed by atoms with Crippen molar-refractivity contribution < 1.29 is 14.3 Å². The van der Waals surface area contributed by atoms with Gasteiger partial charge in [-0.25, -0.2) is 4.79 Å². The van der Waals surface area contributed by atoms with Crippen LogP contribution in [0.3, 0.4) is 0 Å². The van der Waals surface area contributed by atoms with E-state index >= 15 is 0 Å². The van der Waals surface area contributed by atoms with E-state index in [1.54, 1.807) is 0 Å². The Morgan fingerprint density at radius 2 is 1.92 bits per heavy atom. The van der Waals surface area contributed by atoms with Crippen molar-refractivity contribution in [1.82, 2.24) is 4.57 Å². The van der Waals surface area contributed by atoms with Crippen LogP contribution in [0.5, 0.6) is 5.75 Å². The normalized spacial score (nSPS) is 18.2. The fourth-order valence-electron chi connectivity index (χ4n) is 5.56. The second-order valence-electron chi connectivity index (χ2n) is 10.5.